The van der Waals surface area contributed by atoms with Crippen molar-refractivity contribution in [1.29, 1.82) is 0 Å². The van der Waals surface area contributed by atoms with E-state index >= 15 is 0 Å². The summed E-state index contributed by atoms with van der Waals surface area (Å²) in [7, 11) is 1.56. The summed E-state index contributed by atoms with van der Waals surface area (Å²) in [5, 5.41) is 20.9. The topological polar surface area (TPSA) is 91.3 Å². The molecule has 0 spiro atoms. The Kier molecular flexibility index (Phi) is 5.41. The summed E-state index contributed by atoms with van der Waals surface area (Å²) >= 11 is 0. The first-order valence-corrected chi connectivity index (χ1v) is 7.16. The number of nitrogens with zero attached hydrogens (tertiary/aromatic N) is 2. The molecule has 21 heavy (non-hydrogen) atoms. The number of aliphatic hydroxyl groups excluding tert-OH is 1. The van der Waals surface area contributed by atoms with Gasteiger partial charge in [0.1, 0.15) is 5.75 Å². The average Bonchev–Trinajstić information content (AvgIpc) is 2.94. The molecule has 1 fully saturated rings. The molecule has 116 valence electrons. The van der Waals surface area contributed by atoms with Gasteiger partial charge in [-0.15, -0.1) is 0 Å². The quantitative estimate of drug-likeness (QED) is 0.315. The normalized spacial score (nSPS) is 19.9. The number of oxime groups is 1. The van der Waals surface area contributed by atoms with Gasteiger partial charge >= 0.3 is 0 Å². The number of hydrogen-bond acceptors (Lipinski definition) is 5. The predicted molar refractivity (Wildman–Crippen MR) is 80.6 cm³/mol. The highest BCUT2D eigenvalue weighted by atomic mass is 16.5. The Morgan fingerprint density at radius 3 is 3.00 bits per heavy atom. The highest BCUT2D eigenvalue weighted by molar-refractivity contribution is 5.99. The van der Waals surface area contributed by atoms with E-state index in [1.165, 1.54) is 0 Å². The van der Waals surface area contributed by atoms with Crippen LogP contribution in [0.4, 0.5) is 0 Å². The second kappa shape index (κ2) is 7.28. The first-order chi connectivity index (χ1) is 10.2. The fourth-order valence-corrected chi connectivity index (χ4v) is 2.84. The minimum Gasteiger partial charge on any atom is -0.496 e. The van der Waals surface area contributed by atoms with Gasteiger partial charge in [0.15, 0.2) is 5.84 Å². The smallest absolute Gasteiger partial charge is 0.173 e. The number of likely N-dealkylation sites (tertiary alicyclic amines) is 1. The first kappa shape index (κ1) is 15.6. The maximum Gasteiger partial charge on any atom is 0.173 e. The summed E-state index contributed by atoms with van der Waals surface area (Å²) < 4.78 is 5.23. The van der Waals surface area contributed by atoms with E-state index in [9.17, 15) is 0 Å². The Balaban J connectivity index is 2.07. The van der Waals surface area contributed by atoms with Crippen molar-refractivity contribution in [2.24, 2.45) is 16.8 Å². The van der Waals surface area contributed by atoms with Crippen LogP contribution >= 0.6 is 0 Å². The van der Waals surface area contributed by atoms with E-state index < -0.39 is 0 Å². The molecule has 1 aliphatic rings. The van der Waals surface area contributed by atoms with E-state index in [1.807, 2.05) is 18.2 Å². The molecule has 6 nitrogen and oxygen atoms in total. The van der Waals surface area contributed by atoms with Crippen molar-refractivity contribution in [1.82, 2.24) is 4.90 Å². The van der Waals surface area contributed by atoms with Gasteiger partial charge in [0.25, 0.3) is 0 Å². The molecule has 2 rings (SSSR count). The van der Waals surface area contributed by atoms with E-state index in [0.29, 0.717) is 17.2 Å². The zero-order valence-electron chi connectivity index (χ0n) is 12.3. The Hall–Kier alpha value is -1.79. The largest absolute Gasteiger partial charge is 0.496 e. The van der Waals surface area contributed by atoms with Crippen molar-refractivity contribution in [3.05, 3.63) is 29.3 Å². The second-order valence-corrected chi connectivity index (χ2v) is 5.42. The summed E-state index contributed by atoms with van der Waals surface area (Å²) in [5.41, 5.74) is 7.39. The van der Waals surface area contributed by atoms with E-state index in [2.05, 4.69) is 10.1 Å². The van der Waals surface area contributed by atoms with E-state index in [4.69, 9.17) is 20.8 Å². The summed E-state index contributed by atoms with van der Waals surface area (Å²) in [6.45, 7) is 3.12. The average molecular weight is 293 g/mol. The van der Waals surface area contributed by atoms with Crippen molar-refractivity contribution >= 4 is 5.84 Å². The number of aliphatic hydroxyl groups is 1. The molecular weight excluding hydrogens is 270 g/mol. The number of rotatable bonds is 6. The lowest BCUT2D eigenvalue weighted by Gasteiger charge is -2.17. The molecule has 1 aromatic carbocycles. The molecule has 1 saturated heterocycles. The van der Waals surface area contributed by atoms with Gasteiger partial charge in [0, 0.05) is 19.7 Å². The third kappa shape index (κ3) is 3.86. The number of nitrogens with two attached hydrogens (primary N) is 1. The van der Waals surface area contributed by atoms with Crippen LogP contribution < -0.4 is 10.5 Å². The summed E-state index contributed by atoms with van der Waals surface area (Å²) in [6, 6.07) is 5.73. The molecular formula is C15H23N3O3. The third-order valence-electron chi connectivity index (χ3n) is 3.96. The fraction of sp³-hybridized carbons (Fsp3) is 0.533. The second-order valence-electron chi connectivity index (χ2n) is 5.42. The van der Waals surface area contributed by atoms with E-state index in [1.54, 1.807) is 7.11 Å². The molecule has 0 radical (unpaired) electrons. The van der Waals surface area contributed by atoms with Gasteiger partial charge in [0.05, 0.1) is 12.7 Å². The molecule has 1 aliphatic heterocycles. The molecule has 1 heterocycles. The molecule has 6 heteroatoms. The first-order valence-electron chi connectivity index (χ1n) is 7.16. The lowest BCUT2D eigenvalue weighted by molar-refractivity contribution is 0.249. The van der Waals surface area contributed by atoms with E-state index in [0.717, 1.165) is 38.0 Å². The van der Waals surface area contributed by atoms with Gasteiger partial charge in [-0.2, -0.15) is 0 Å². The lowest BCUT2D eigenvalue weighted by atomic mass is 10.1. The van der Waals surface area contributed by atoms with Crippen LogP contribution in [0.25, 0.3) is 0 Å². The molecule has 0 aromatic heterocycles. The number of amidine groups is 1. The van der Waals surface area contributed by atoms with Gasteiger partial charge in [-0.1, -0.05) is 11.2 Å². The van der Waals surface area contributed by atoms with Crippen LogP contribution in [0.1, 0.15) is 24.0 Å². The van der Waals surface area contributed by atoms with Crippen molar-refractivity contribution in [3.63, 3.8) is 0 Å². The molecule has 0 amide bonds. The molecule has 4 N–H and O–H groups in total. The summed E-state index contributed by atoms with van der Waals surface area (Å²) in [6.07, 6.45) is 2.00. The van der Waals surface area contributed by atoms with Crippen LogP contribution in [0, 0.1) is 5.92 Å². The highest BCUT2D eigenvalue weighted by Crippen LogP contribution is 2.24. The summed E-state index contributed by atoms with van der Waals surface area (Å²) in [5.74, 6) is 1.22. The summed E-state index contributed by atoms with van der Waals surface area (Å²) in [4.78, 5) is 2.36. The highest BCUT2D eigenvalue weighted by Gasteiger charge is 2.22. The Labute approximate surface area is 124 Å². The predicted octanol–water partition coefficient (Wildman–Crippen LogP) is 0.994. The maximum absolute atomic E-state index is 9.00. The molecule has 1 unspecified atom stereocenters. The van der Waals surface area contributed by atoms with Gasteiger partial charge in [0.2, 0.25) is 0 Å². The lowest BCUT2D eigenvalue weighted by Crippen LogP contribution is -2.21. The van der Waals surface area contributed by atoms with Crippen LogP contribution in [0.3, 0.4) is 0 Å². The molecule has 1 aromatic rings. The van der Waals surface area contributed by atoms with Crippen LogP contribution in [0.2, 0.25) is 0 Å². The Bertz CT molecular complexity index is 505. The van der Waals surface area contributed by atoms with Gasteiger partial charge in [-0.05, 0) is 43.0 Å². The zero-order chi connectivity index (χ0) is 15.2. The monoisotopic (exact) mass is 293 g/mol. The molecule has 0 saturated carbocycles. The minimum atomic E-state index is 0.0493. The maximum atomic E-state index is 9.00. The van der Waals surface area contributed by atoms with Gasteiger partial charge in [-0.3, -0.25) is 4.90 Å². The number of ether oxygens (including phenoxy) is 1. The molecule has 1 atom stereocenters. The number of methoxy groups -OCH3 is 1. The van der Waals surface area contributed by atoms with Crippen molar-refractivity contribution < 1.29 is 15.1 Å². The van der Waals surface area contributed by atoms with Crippen LogP contribution in [0.5, 0.6) is 5.75 Å². The fourth-order valence-electron chi connectivity index (χ4n) is 2.84. The standard InChI is InChI=1S/C15H23N3O3/c1-21-14-3-2-12(8-13(14)15(16)17-20)10-18-6-4-11(9-18)5-7-19/h2-3,8,11,19-20H,4-7,9-10H2,1H3,(H2,16,17). The van der Waals surface area contributed by atoms with Crippen LogP contribution in [-0.4, -0.2) is 47.9 Å². The van der Waals surface area contributed by atoms with Gasteiger partial charge < -0.3 is 20.8 Å². The minimum absolute atomic E-state index is 0.0493. The Morgan fingerprint density at radius 1 is 1.52 bits per heavy atom. The van der Waals surface area contributed by atoms with Crippen LogP contribution in [0.15, 0.2) is 23.4 Å². The number of hydrogen-bond donors (Lipinski definition) is 3. The molecule has 0 aliphatic carbocycles. The van der Waals surface area contributed by atoms with Gasteiger partial charge in [-0.25, -0.2) is 0 Å². The van der Waals surface area contributed by atoms with Crippen LogP contribution in [-0.2, 0) is 6.54 Å². The van der Waals surface area contributed by atoms with Crippen molar-refractivity contribution in [3.8, 4) is 5.75 Å². The molecule has 0 bridgehead atoms. The Morgan fingerprint density at radius 2 is 2.33 bits per heavy atom. The van der Waals surface area contributed by atoms with Crippen molar-refractivity contribution in [2.75, 3.05) is 26.8 Å². The zero-order valence-corrected chi connectivity index (χ0v) is 12.3. The van der Waals surface area contributed by atoms with Crippen molar-refractivity contribution in [2.45, 2.75) is 19.4 Å². The van der Waals surface area contributed by atoms with E-state index in [-0.39, 0.29) is 12.4 Å². The SMILES string of the molecule is COc1ccc(CN2CCC(CCO)C2)cc1/C(N)=N/O. The number of benzene rings is 1. The third-order valence-corrected chi connectivity index (χ3v) is 3.96.